The Hall–Kier alpha value is -1.06. The first-order valence-corrected chi connectivity index (χ1v) is 6.68. The zero-order valence-electron chi connectivity index (χ0n) is 11.0. The van der Waals surface area contributed by atoms with Crippen LogP contribution in [0.2, 0.25) is 5.02 Å². The number of rotatable bonds is 1. The molecule has 1 N–H and O–H groups in total. The maximum Gasteiger partial charge on any atom is 0.254 e. The van der Waals surface area contributed by atoms with Gasteiger partial charge in [0.05, 0.1) is 0 Å². The summed E-state index contributed by atoms with van der Waals surface area (Å²) in [7, 11) is 0. The lowest BCUT2D eigenvalue weighted by molar-refractivity contribution is 0.0544. The van der Waals surface area contributed by atoms with Gasteiger partial charge in [-0.1, -0.05) is 17.7 Å². The zero-order valence-corrected chi connectivity index (χ0v) is 11.8. The van der Waals surface area contributed by atoms with Gasteiger partial charge in [0.2, 0.25) is 0 Å². The van der Waals surface area contributed by atoms with Crippen molar-refractivity contribution in [1.82, 2.24) is 10.2 Å². The fourth-order valence-corrected chi connectivity index (χ4v) is 2.59. The molecule has 1 amide bonds. The number of carbonyl (C=O) groups excluding carboxylic acids is 1. The normalized spacial score (nSPS) is 24.1. The lowest BCUT2D eigenvalue weighted by Crippen LogP contribution is -2.57. The monoisotopic (exact) mass is 266 g/mol. The Kier molecular flexibility index (Phi) is 3.93. The maximum absolute atomic E-state index is 12.5. The molecule has 1 aromatic carbocycles. The molecule has 4 heteroatoms. The van der Waals surface area contributed by atoms with Crippen molar-refractivity contribution < 1.29 is 4.79 Å². The van der Waals surface area contributed by atoms with Crippen LogP contribution in [0.25, 0.3) is 0 Å². The zero-order chi connectivity index (χ0) is 13.3. The summed E-state index contributed by atoms with van der Waals surface area (Å²) in [5.41, 5.74) is 1.67. The van der Waals surface area contributed by atoms with Crippen LogP contribution in [-0.2, 0) is 0 Å². The number of amides is 1. The van der Waals surface area contributed by atoms with E-state index in [2.05, 4.69) is 19.2 Å². The van der Waals surface area contributed by atoms with E-state index in [0.717, 1.165) is 18.7 Å². The van der Waals surface area contributed by atoms with Gasteiger partial charge in [-0.15, -0.1) is 0 Å². The van der Waals surface area contributed by atoms with Gasteiger partial charge in [-0.05, 0) is 38.5 Å². The van der Waals surface area contributed by atoms with Gasteiger partial charge in [-0.3, -0.25) is 4.79 Å². The third-order valence-corrected chi connectivity index (χ3v) is 3.89. The van der Waals surface area contributed by atoms with Crippen LogP contribution in [0.3, 0.4) is 0 Å². The highest BCUT2D eigenvalue weighted by atomic mass is 35.5. The second-order valence-electron chi connectivity index (χ2n) is 5.03. The highest BCUT2D eigenvalue weighted by Gasteiger charge is 2.29. The van der Waals surface area contributed by atoms with E-state index in [1.807, 2.05) is 24.0 Å². The number of carbonyl (C=O) groups is 1. The van der Waals surface area contributed by atoms with Gasteiger partial charge >= 0.3 is 0 Å². The van der Waals surface area contributed by atoms with E-state index in [4.69, 9.17) is 11.6 Å². The van der Waals surface area contributed by atoms with Crippen molar-refractivity contribution in [2.75, 3.05) is 13.1 Å². The number of benzene rings is 1. The lowest BCUT2D eigenvalue weighted by Gasteiger charge is -2.39. The molecule has 1 aromatic rings. The number of nitrogens with one attached hydrogen (secondary N) is 1. The van der Waals surface area contributed by atoms with Gasteiger partial charge in [0.25, 0.3) is 5.91 Å². The molecule has 1 heterocycles. The fraction of sp³-hybridized carbons (Fsp3) is 0.500. The van der Waals surface area contributed by atoms with Gasteiger partial charge in [0.1, 0.15) is 0 Å². The summed E-state index contributed by atoms with van der Waals surface area (Å²) in [6.45, 7) is 7.75. The summed E-state index contributed by atoms with van der Waals surface area (Å²) in [4.78, 5) is 14.5. The summed E-state index contributed by atoms with van der Waals surface area (Å²) in [6.07, 6.45) is 0. The van der Waals surface area contributed by atoms with E-state index in [-0.39, 0.29) is 18.0 Å². The first kappa shape index (κ1) is 13.4. The Labute approximate surface area is 113 Å². The van der Waals surface area contributed by atoms with Crippen molar-refractivity contribution >= 4 is 17.5 Å². The molecule has 3 nitrogen and oxygen atoms in total. The number of aryl methyl sites for hydroxylation is 1. The van der Waals surface area contributed by atoms with Crippen LogP contribution >= 0.6 is 11.6 Å². The van der Waals surface area contributed by atoms with Crippen LogP contribution in [0.4, 0.5) is 0 Å². The fourth-order valence-electron chi connectivity index (χ4n) is 2.41. The standard InChI is InChI=1S/C14H19ClN2O/c1-9-4-5-12(6-13(9)15)14(18)17-10(2)7-16-8-11(17)3/h4-6,10-11,16H,7-8H2,1-3H3. The molecular formula is C14H19ClN2O. The molecule has 0 spiro atoms. The minimum absolute atomic E-state index is 0.0680. The summed E-state index contributed by atoms with van der Waals surface area (Å²) in [6, 6.07) is 5.93. The molecule has 18 heavy (non-hydrogen) atoms. The lowest BCUT2D eigenvalue weighted by atomic mass is 10.1. The summed E-state index contributed by atoms with van der Waals surface area (Å²) < 4.78 is 0. The minimum atomic E-state index is 0.0680. The predicted molar refractivity (Wildman–Crippen MR) is 74.2 cm³/mol. The Morgan fingerprint density at radius 2 is 1.94 bits per heavy atom. The van der Waals surface area contributed by atoms with Crippen LogP contribution < -0.4 is 5.32 Å². The third kappa shape index (κ3) is 2.52. The second-order valence-corrected chi connectivity index (χ2v) is 5.44. The van der Waals surface area contributed by atoms with Crippen LogP contribution in [0.1, 0.15) is 29.8 Å². The smallest absolute Gasteiger partial charge is 0.254 e. The van der Waals surface area contributed by atoms with E-state index >= 15 is 0 Å². The Bertz CT molecular complexity index is 451. The first-order chi connectivity index (χ1) is 8.50. The van der Waals surface area contributed by atoms with Gasteiger partial charge < -0.3 is 10.2 Å². The van der Waals surface area contributed by atoms with Crippen molar-refractivity contribution in [2.24, 2.45) is 0 Å². The molecule has 2 atom stereocenters. The number of halogens is 1. The van der Waals surface area contributed by atoms with Crippen molar-refractivity contribution in [3.63, 3.8) is 0 Å². The number of nitrogens with zero attached hydrogens (tertiary/aromatic N) is 1. The summed E-state index contributed by atoms with van der Waals surface area (Å²) in [5.74, 6) is 0.0680. The molecule has 0 aliphatic carbocycles. The maximum atomic E-state index is 12.5. The van der Waals surface area contributed by atoms with Crippen molar-refractivity contribution in [3.05, 3.63) is 34.3 Å². The summed E-state index contributed by atoms with van der Waals surface area (Å²) >= 11 is 6.09. The van der Waals surface area contributed by atoms with Crippen molar-refractivity contribution in [1.29, 1.82) is 0 Å². The Morgan fingerprint density at radius 1 is 1.33 bits per heavy atom. The molecule has 2 unspecified atom stereocenters. The Morgan fingerprint density at radius 3 is 2.50 bits per heavy atom. The third-order valence-electron chi connectivity index (χ3n) is 3.48. The molecular weight excluding hydrogens is 248 g/mol. The molecule has 1 fully saturated rings. The SMILES string of the molecule is Cc1ccc(C(=O)N2C(C)CNCC2C)cc1Cl. The second kappa shape index (κ2) is 5.29. The van der Waals surface area contributed by atoms with Gasteiger partial charge in [0.15, 0.2) is 0 Å². The average molecular weight is 267 g/mol. The van der Waals surface area contributed by atoms with E-state index in [1.165, 1.54) is 0 Å². The predicted octanol–water partition coefficient (Wildman–Crippen LogP) is 2.47. The van der Waals surface area contributed by atoms with E-state index in [9.17, 15) is 4.79 Å². The van der Waals surface area contributed by atoms with E-state index in [1.54, 1.807) is 6.07 Å². The number of hydrogen-bond acceptors (Lipinski definition) is 2. The molecule has 0 saturated carbocycles. The topological polar surface area (TPSA) is 32.3 Å². The van der Waals surface area contributed by atoms with Crippen LogP contribution in [0, 0.1) is 6.92 Å². The molecule has 98 valence electrons. The van der Waals surface area contributed by atoms with Gasteiger partial charge in [0, 0.05) is 35.8 Å². The molecule has 1 saturated heterocycles. The van der Waals surface area contributed by atoms with E-state index in [0.29, 0.717) is 10.6 Å². The number of hydrogen-bond donors (Lipinski definition) is 1. The molecule has 1 aliphatic rings. The highest BCUT2D eigenvalue weighted by molar-refractivity contribution is 6.31. The quantitative estimate of drug-likeness (QED) is 0.847. The van der Waals surface area contributed by atoms with Crippen LogP contribution in [0.15, 0.2) is 18.2 Å². The van der Waals surface area contributed by atoms with Gasteiger partial charge in [-0.25, -0.2) is 0 Å². The van der Waals surface area contributed by atoms with Gasteiger partial charge in [-0.2, -0.15) is 0 Å². The first-order valence-electron chi connectivity index (χ1n) is 6.30. The van der Waals surface area contributed by atoms with E-state index < -0.39 is 0 Å². The molecule has 1 aliphatic heterocycles. The summed E-state index contributed by atoms with van der Waals surface area (Å²) in [5, 5.41) is 3.97. The van der Waals surface area contributed by atoms with Crippen molar-refractivity contribution in [3.8, 4) is 0 Å². The Balaban J connectivity index is 2.26. The highest BCUT2D eigenvalue weighted by Crippen LogP contribution is 2.20. The van der Waals surface area contributed by atoms with Crippen LogP contribution in [0.5, 0.6) is 0 Å². The van der Waals surface area contributed by atoms with Crippen molar-refractivity contribution in [2.45, 2.75) is 32.9 Å². The average Bonchev–Trinajstić information content (AvgIpc) is 2.32. The minimum Gasteiger partial charge on any atom is -0.331 e. The largest absolute Gasteiger partial charge is 0.331 e. The molecule has 0 radical (unpaired) electrons. The molecule has 0 bridgehead atoms. The molecule has 0 aromatic heterocycles. The molecule has 2 rings (SSSR count). The number of piperazine rings is 1. The van der Waals surface area contributed by atoms with Crippen LogP contribution in [-0.4, -0.2) is 36.0 Å².